The van der Waals surface area contributed by atoms with Gasteiger partial charge in [-0.25, -0.2) is 0 Å². The third-order valence-corrected chi connectivity index (χ3v) is 0.900. The Morgan fingerprint density at radius 3 is 2.29 bits per heavy atom. The van der Waals surface area contributed by atoms with Gasteiger partial charge in [0.2, 0.25) is 0 Å². The van der Waals surface area contributed by atoms with E-state index in [2.05, 4.69) is 5.32 Å². The van der Waals surface area contributed by atoms with E-state index in [1.165, 1.54) is 0 Å². The molecular formula is C4H11N3. The summed E-state index contributed by atoms with van der Waals surface area (Å²) in [5.41, 5.74) is 5.07. The van der Waals surface area contributed by atoms with Crippen molar-refractivity contribution >= 4 is 5.84 Å². The molecule has 0 aromatic rings. The summed E-state index contributed by atoms with van der Waals surface area (Å²) in [6.07, 6.45) is 0. The van der Waals surface area contributed by atoms with E-state index in [-0.39, 0.29) is 11.9 Å². The minimum atomic E-state index is 0.0139. The molecule has 0 radical (unpaired) electrons. The summed E-state index contributed by atoms with van der Waals surface area (Å²) in [6, 6.07) is 0.0139. The first kappa shape index (κ1) is 6.43. The zero-order chi connectivity index (χ0) is 5.86. The summed E-state index contributed by atoms with van der Waals surface area (Å²) in [5.74, 6) is 0.183. The van der Waals surface area contributed by atoms with Crippen LogP contribution in [-0.2, 0) is 0 Å². The van der Waals surface area contributed by atoms with E-state index in [1.54, 1.807) is 7.05 Å². The fraction of sp³-hybridized carbons (Fsp3) is 0.750. The summed E-state index contributed by atoms with van der Waals surface area (Å²) in [7, 11) is 1.77. The number of likely N-dealkylation sites (N-methyl/N-ethyl adjacent to an activating group) is 1. The Balaban J connectivity index is 3.34. The largest absolute Gasteiger partial charge is 0.386 e. The molecule has 0 fully saturated rings. The summed E-state index contributed by atoms with van der Waals surface area (Å²) < 4.78 is 0. The van der Waals surface area contributed by atoms with Crippen LogP contribution in [-0.4, -0.2) is 18.9 Å². The number of hydrogen-bond donors (Lipinski definition) is 3. The zero-order valence-corrected chi connectivity index (χ0v) is 4.65. The highest BCUT2D eigenvalue weighted by Gasteiger charge is 1.96. The maximum Gasteiger partial charge on any atom is 0.108 e. The molecule has 42 valence electrons. The second kappa shape index (κ2) is 2.58. The molecule has 0 aromatic carbocycles. The maximum atomic E-state index is 6.82. The average molecular weight is 101 g/mol. The number of amidine groups is 1. The van der Waals surface area contributed by atoms with Crippen molar-refractivity contribution in [2.24, 2.45) is 5.73 Å². The molecule has 0 bridgehead atoms. The topological polar surface area (TPSA) is 61.9 Å². The Morgan fingerprint density at radius 2 is 2.29 bits per heavy atom. The Hall–Kier alpha value is -0.570. The minimum absolute atomic E-state index is 0.0139. The minimum Gasteiger partial charge on any atom is -0.386 e. The van der Waals surface area contributed by atoms with Crippen molar-refractivity contribution in [2.75, 3.05) is 7.05 Å². The normalized spacial score (nSPS) is 13.4. The molecule has 0 amide bonds. The van der Waals surface area contributed by atoms with Gasteiger partial charge in [0.05, 0.1) is 6.04 Å². The fourth-order valence-corrected chi connectivity index (χ4v) is 0.156. The van der Waals surface area contributed by atoms with Crippen LogP contribution in [0.25, 0.3) is 0 Å². The van der Waals surface area contributed by atoms with Gasteiger partial charge in [0.1, 0.15) is 5.84 Å². The molecule has 0 aromatic heterocycles. The molecule has 0 spiro atoms. The molecule has 3 nitrogen and oxygen atoms in total. The quantitative estimate of drug-likeness (QED) is 0.325. The van der Waals surface area contributed by atoms with Crippen LogP contribution in [0.4, 0.5) is 0 Å². The predicted molar refractivity (Wildman–Crippen MR) is 30.4 cm³/mol. The monoisotopic (exact) mass is 101 g/mol. The third-order valence-electron chi connectivity index (χ3n) is 0.900. The van der Waals surface area contributed by atoms with Crippen molar-refractivity contribution in [3.63, 3.8) is 0 Å². The summed E-state index contributed by atoms with van der Waals surface area (Å²) in [5, 5.41) is 9.63. The summed E-state index contributed by atoms with van der Waals surface area (Å²) in [4.78, 5) is 0. The fourth-order valence-electron chi connectivity index (χ4n) is 0.156. The highest BCUT2D eigenvalue weighted by Crippen LogP contribution is 1.72. The van der Waals surface area contributed by atoms with Gasteiger partial charge in [-0.05, 0) is 14.0 Å². The van der Waals surface area contributed by atoms with Crippen LogP contribution >= 0.6 is 0 Å². The predicted octanol–water partition coefficient (Wildman–Crippen LogP) is -0.470. The summed E-state index contributed by atoms with van der Waals surface area (Å²) >= 11 is 0. The first-order valence-corrected chi connectivity index (χ1v) is 2.19. The lowest BCUT2D eigenvalue weighted by Gasteiger charge is -2.04. The van der Waals surface area contributed by atoms with E-state index >= 15 is 0 Å². The second-order valence-corrected chi connectivity index (χ2v) is 1.47. The molecule has 0 heterocycles. The van der Waals surface area contributed by atoms with Crippen LogP contribution in [0.15, 0.2) is 0 Å². The van der Waals surface area contributed by atoms with E-state index in [0.29, 0.717) is 0 Å². The van der Waals surface area contributed by atoms with E-state index in [4.69, 9.17) is 11.1 Å². The van der Waals surface area contributed by atoms with Crippen molar-refractivity contribution < 1.29 is 0 Å². The lowest BCUT2D eigenvalue weighted by molar-refractivity contribution is 0.753. The number of nitrogens with one attached hydrogen (secondary N) is 2. The highest BCUT2D eigenvalue weighted by molar-refractivity contribution is 5.82. The third kappa shape index (κ3) is 2.17. The first-order chi connectivity index (χ1) is 3.18. The van der Waals surface area contributed by atoms with Gasteiger partial charge in [-0.15, -0.1) is 0 Å². The van der Waals surface area contributed by atoms with Crippen LogP contribution in [0.1, 0.15) is 6.92 Å². The van der Waals surface area contributed by atoms with Crippen molar-refractivity contribution in [1.29, 1.82) is 5.41 Å². The van der Waals surface area contributed by atoms with Crippen LogP contribution in [0.3, 0.4) is 0 Å². The SMILES string of the molecule is CN[C@H](C)C(=N)N. The van der Waals surface area contributed by atoms with Gasteiger partial charge < -0.3 is 11.1 Å². The van der Waals surface area contributed by atoms with Gasteiger partial charge >= 0.3 is 0 Å². The molecule has 0 saturated carbocycles. The molecule has 0 rings (SSSR count). The molecule has 1 atom stereocenters. The molecule has 7 heavy (non-hydrogen) atoms. The molecule has 0 unspecified atom stereocenters. The Bertz CT molecular complexity index is 69.3. The van der Waals surface area contributed by atoms with Crippen molar-refractivity contribution in [2.45, 2.75) is 13.0 Å². The highest BCUT2D eigenvalue weighted by atomic mass is 14.9. The molecule has 3 heteroatoms. The van der Waals surface area contributed by atoms with Gasteiger partial charge in [-0.3, -0.25) is 5.41 Å². The first-order valence-electron chi connectivity index (χ1n) is 2.19. The van der Waals surface area contributed by atoms with E-state index < -0.39 is 0 Å². The Kier molecular flexibility index (Phi) is 2.37. The van der Waals surface area contributed by atoms with E-state index in [0.717, 1.165) is 0 Å². The average Bonchev–Trinajstić information content (AvgIpc) is 1.65. The molecule has 0 aliphatic carbocycles. The van der Waals surface area contributed by atoms with Gasteiger partial charge in [0.25, 0.3) is 0 Å². The van der Waals surface area contributed by atoms with Gasteiger partial charge in [0, 0.05) is 0 Å². The van der Waals surface area contributed by atoms with E-state index in [1.807, 2.05) is 6.92 Å². The molecular weight excluding hydrogens is 90.1 g/mol. The van der Waals surface area contributed by atoms with Gasteiger partial charge in [-0.2, -0.15) is 0 Å². The second-order valence-electron chi connectivity index (χ2n) is 1.47. The molecule has 0 aliphatic rings. The van der Waals surface area contributed by atoms with Crippen molar-refractivity contribution in [3.8, 4) is 0 Å². The smallest absolute Gasteiger partial charge is 0.108 e. The van der Waals surface area contributed by atoms with Crippen LogP contribution in [0.5, 0.6) is 0 Å². The Labute approximate surface area is 43.4 Å². The van der Waals surface area contributed by atoms with Crippen LogP contribution in [0, 0.1) is 5.41 Å². The number of nitrogens with two attached hydrogens (primary N) is 1. The van der Waals surface area contributed by atoms with Crippen molar-refractivity contribution in [1.82, 2.24) is 5.32 Å². The molecule has 0 aliphatic heterocycles. The zero-order valence-electron chi connectivity index (χ0n) is 4.65. The van der Waals surface area contributed by atoms with Crippen LogP contribution < -0.4 is 11.1 Å². The molecule has 0 saturated heterocycles. The number of rotatable bonds is 2. The van der Waals surface area contributed by atoms with Gasteiger partial charge in [0.15, 0.2) is 0 Å². The lowest BCUT2D eigenvalue weighted by atomic mass is 10.3. The maximum absolute atomic E-state index is 6.82. The Morgan fingerprint density at radius 1 is 1.86 bits per heavy atom. The molecule has 4 N–H and O–H groups in total. The van der Waals surface area contributed by atoms with Crippen molar-refractivity contribution in [3.05, 3.63) is 0 Å². The summed E-state index contributed by atoms with van der Waals surface area (Å²) in [6.45, 7) is 1.84. The lowest BCUT2D eigenvalue weighted by Crippen LogP contribution is -2.35. The standard InChI is InChI=1S/C4H11N3/c1-3(7-2)4(5)6/h3,7H,1-2H3,(H3,5,6)/t3-/m1/s1. The van der Waals surface area contributed by atoms with Crippen LogP contribution in [0.2, 0.25) is 0 Å². The number of hydrogen-bond acceptors (Lipinski definition) is 2. The van der Waals surface area contributed by atoms with Gasteiger partial charge in [-0.1, -0.05) is 0 Å². The van der Waals surface area contributed by atoms with E-state index in [9.17, 15) is 0 Å².